The Kier molecular flexibility index (Phi) is 7.27. The Morgan fingerprint density at radius 2 is 1.61 bits per heavy atom. The molecule has 0 spiro atoms. The molecule has 162 valence electrons. The maximum Gasteiger partial charge on any atom is 0.181 e. The van der Waals surface area contributed by atoms with Gasteiger partial charge in [0.1, 0.15) is 5.75 Å². The Morgan fingerprint density at radius 3 is 2.29 bits per heavy atom. The molecule has 0 atom stereocenters. The molecule has 1 saturated carbocycles. The first-order valence-electron chi connectivity index (χ1n) is 11.6. The zero-order valence-electron chi connectivity index (χ0n) is 18.5. The smallest absolute Gasteiger partial charge is 0.181 e. The van der Waals surface area contributed by atoms with Crippen LogP contribution < -0.4 is 10.1 Å². The highest BCUT2D eigenvalue weighted by Gasteiger charge is 2.27. The zero-order valence-corrected chi connectivity index (χ0v) is 18.5. The Morgan fingerprint density at radius 1 is 0.935 bits per heavy atom. The molecule has 2 aromatic rings. The summed E-state index contributed by atoms with van der Waals surface area (Å²) in [5, 5.41) is 12.1. The van der Waals surface area contributed by atoms with E-state index in [0.717, 1.165) is 23.0 Å². The van der Waals surface area contributed by atoms with Crippen molar-refractivity contribution in [3.05, 3.63) is 59.2 Å². The molecular weight excluding hydrogens is 382 g/mol. The summed E-state index contributed by atoms with van der Waals surface area (Å²) in [6, 6.07) is 15.3. The van der Waals surface area contributed by atoms with E-state index in [-0.39, 0.29) is 0 Å². The fraction of sp³-hybridized carbons (Fsp3) is 0.444. The Hall–Kier alpha value is -2.77. The van der Waals surface area contributed by atoms with Crippen molar-refractivity contribution in [2.75, 3.05) is 25.5 Å². The first kappa shape index (κ1) is 21.5. The number of nitrogens with zero attached hydrogens (tertiary/aromatic N) is 2. The second kappa shape index (κ2) is 10.5. The Labute approximate surface area is 186 Å². The summed E-state index contributed by atoms with van der Waals surface area (Å²) >= 11 is 0. The maximum absolute atomic E-state index is 9.23. The first-order chi connectivity index (χ1) is 15.3. The van der Waals surface area contributed by atoms with E-state index in [1.165, 1.54) is 69.2 Å². The molecule has 2 aliphatic rings. The number of likely N-dealkylation sites (tertiary alicyclic amines) is 1. The summed E-state index contributed by atoms with van der Waals surface area (Å²) in [6.45, 7) is 2.35. The molecule has 4 rings (SSSR count). The molecule has 0 amide bonds. The standard InChI is InChI=1S/C27H33N3O/c1-31-25-12-9-21(10-13-25)7-8-22-11-14-27(29-20-28)26(19-22)23-15-17-30(18-16-23)24-5-3-2-4-6-24/h7-14,19,23-24,29H,2-6,15-18H2,1H3/b8-7+. The van der Waals surface area contributed by atoms with Crippen LogP contribution in [0.4, 0.5) is 5.69 Å². The van der Waals surface area contributed by atoms with Crippen molar-refractivity contribution in [1.82, 2.24) is 4.90 Å². The van der Waals surface area contributed by atoms with Crippen LogP contribution in [0.5, 0.6) is 5.75 Å². The third kappa shape index (κ3) is 5.48. The van der Waals surface area contributed by atoms with E-state index >= 15 is 0 Å². The molecule has 0 radical (unpaired) electrons. The normalized spacial score (nSPS) is 18.7. The van der Waals surface area contributed by atoms with Crippen LogP contribution in [0, 0.1) is 11.5 Å². The number of nitrogens with one attached hydrogen (secondary N) is 1. The molecule has 31 heavy (non-hydrogen) atoms. The minimum absolute atomic E-state index is 0.505. The highest BCUT2D eigenvalue weighted by atomic mass is 16.5. The molecule has 0 aromatic heterocycles. The van der Waals surface area contributed by atoms with Gasteiger partial charge in [0, 0.05) is 6.04 Å². The predicted molar refractivity (Wildman–Crippen MR) is 128 cm³/mol. The number of hydrogen-bond acceptors (Lipinski definition) is 4. The number of nitriles is 1. The maximum atomic E-state index is 9.23. The zero-order chi connectivity index (χ0) is 21.5. The molecule has 1 N–H and O–H groups in total. The van der Waals surface area contributed by atoms with Gasteiger partial charge in [-0.2, -0.15) is 5.26 Å². The minimum Gasteiger partial charge on any atom is -0.497 e. The average Bonchev–Trinajstić information content (AvgIpc) is 2.84. The van der Waals surface area contributed by atoms with Gasteiger partial charge < -0.3 is 9.64 Å². The van der Waals surface area contributed by atoms with E-state index in [2.05, 4.69) is 58.9 Å². The number of piperidine rings is 1. The van der Waals surface area contributed by atoms with Crippen molar-refractivity contribution in [1.29, 1.82) is 5.26 Å². The second-order valence-electron chi connectivity index (χ2n) is 8.79. The van der Waals surface area contributed by atoms with Crippen molar-refractivity contribution >= 4 is 17.8 Å². The summed E-state index contributed by atoms with van der Waals surface area (Å²) in [4.78, 5) is 2.72. The van der Waals surface area contributed by atoms with E-state index in [9.17, 15) is 5.26 Å². The first-order valence-corrected chi connectivity index (χ1v) is 11.6. The van der Waals surface area contributed by atoms with Gasteiger partial charge in [0.15, 0.2) is 6.19 Å². The fourth-order valence-corrected chi connectivity index (χ4v) is 5.13. The van der Waals surface area contributed by atoms with E-state index in [0.29, 0.717) is 5.92 Å². The van der Waals surface area contributed by atoms with Gasteiger partial charge in [-0.25, -0.2) is 0 Å². The monoisotopic (exact) mass is 415 g/mol. The van der Waals surface area contributed by atoms with Crippen LogP contribution in [0.1, 0.15) is 67.6 Å². The summed E-state index contributed by atoms with van der Waals surface area (Å²) in [7, 11) is 1.68. The molecule has 1 saturated heterocycles. The van der Waals surface area contributed by atoms with Crippen molar-refractivity contribution in [2.24, 2.45) is 0 Å². The van der Waals surface area contributed by atoms with Crippen LogP contribution in [0.2, 0.25) is 0 Å². The average molecular weight is 416 g/mol. The van der Waals surface area contributed by atoms with Crippen LogP contribution in [-0.4, -0.2) is 31.1 Å². The largest absolute Gasteiger partial charge is 0.497 e. The van der Waals surface area contributed by atoms with E-state index < -0.39 is 0 Å². The van der Waals surface area contributed by atoms with Crippen LogP contribution in [-0.2, 0) is 0 Å². The van der Waals surface area contributed by atoms with E-state index in [1.807, 2.05) is 12.1 Å². The van der Waals surface area contributed by atoms with Gasteiger partial charge in [-0.15, -0.1) is 0 Å². The highest BCUT2D eigenvalue weighted by molar-refractivity contribution is 5.72. The van der Waals surface area contributed by atoms with Crippen LogP contribution in [0.15, 0.2) is 42.5 Å². The number of ether oxygens (including phenoxy) is 1. The summed E-state index contributed by atoms with van der Waals surface area (Å²) in [5.74, 6) is 1.37. The summed E-state index contributed by atoms with van der Waals surface area (Å²) in [6.07, 6.45) is 15.7. The molecule has 1 aliphatic heterocycles. The fourth-order valence-electron chi connectivity index (χ4n) is 5.13. The lowest BCUT2D eigenvalue weighted by molar-refractivity contribution is 0.122. The van der Waals surface area contributed by atoms with Gasteiger partial charge in [-0.05, 0) is 85.6 Å². The van der Waals surface area contributed by atoms with Gasteiger partial charge in [-0.3, -0.25) is 5.32 Å². The third-order valence-electron chi connectivity index (χ3n) is 6.91. The molecule has 0 unspecified atom stereocenters. The molecule has 2 fully saturated rings. The van der Waals surface area contributed by atoms with Gasteiger partial charge in [-0.1, -0.05) is 49.6 Å². The molecule has 0 bridgehead atoms. The van der Waals surface area contributed by atoms with Crippen LogP contribution in [0.25, 0.3) is 12.2 Å². The van der Waals surface area contributed by atoms with Crippen molar-refractivity contribution in [3.63, 3.8) is 0 Å². The molecule has 1 aliphatic carbocycles. The SMILES string of the molecule is COc1ccc(/C=C/c2ccc(NC#N)c(C3CCN(C4CCCCC4)CC3)c2)cc1. The number of benzene rings is 2. The molecule has 1 heterocycles. The lowest BCUT2D eigenvalue weighted by Gasteiger charge is -2.39. The summed E-state index contributed by atoms with van der Waals surface area (Å²) in [5.41, 5.74) is 4.55. The molecule has 4 nitrogen and oxygen atoms in total. The lowest BCUT2D eigenvalue weighted by atomic mass is 9.85. The topological polar surface area (TPSA) is 48.3 Å². The lowest BCUT2D eigenvalue weighted by Crippen LogP contribution is -2.41. The quantitative estimate of drug-likeness (QED) is 0.343. The Bertz CT molecular complexity index is 914. The van der Waals surface area contributed by atoms with E-state index in [4.69, 9.17) is 4.74 Å². The molecule has 2 aromatic carbocycles. The number of methoxy groups -OCH3 is 1. The van der Waals surface area contributed by atoms with Crippen LogP contribution >= 0.6 is 0 Å². The van der Waals surface area contributed by atoms with Gasteiger partial charge in [0.05, 0.1) is 12.8 Å². The van der Waals surface area contributed by atoms with Gasteiger partial charge in [0.25, 0.3) is 0 Å². The number of anilines is 1. The van der Waals surface area contributed by atoms with Gasteiger partial charge >= 0.3 is 0 Å². The summed E-state index contributed by atoms with van der Waals surface area (Å²) < 4.78 is 5.24. The second-order valence-corrected chi connectivity index (χ2v) is 8.79. The molecular formula is C27H33N3O. The third-order valence-corrected chi connectivity index (χ3v) is 6.91. The van der Waals surface area contributed by atoms with Crippen molar-refractivity contribution in [2.45, 2.75) is 56.9 Å². The molecule has 4 heteroatoms. The van der Waals surface area contributed by atoms with Crippen molar-refractivity contribution in [3.8, 4) is 11.9 Å². The number of hydrogen-bond donors (Lipinski definition) is 1. The van der Waals surface area contributed by atoms with E-state index in [1.54, 1.807) is 7.11 Å². The van der Waals surface area contributed by atoms with Crippen LogP contribution in [0.3, 0.4) is 0 Å². The highest BCUT2D eigenvalue weighted by Crippen LogP contribution is 2.36. The van der Waals surface area contributed by atoms with Crippen molar-refractivity contribution < 1.29 is 4.74 Å². The predicted octanol–water partition coefficient (Wildman–Crippen LogP) is 6.27. The number of rotatable bonds is 6. The van der Waals surface area contributed by atoms with Gasteiger partial charge in [0.2, 0.25) is 0 Å². The Balaban J connectivity index is 1.47. The minimum atomic E-state index is 0.505.